The van der Waals surface area contributed by atoms with Crippen molar-refractivity contribution in [3.63, 3.8) is 0 Å². The van der Waals surface area contributed by atoms with Gasteiger partial charge in [-0.3, -0.25) is 14.4 Å². The second kappa shape index (κ2) is 10.6. The summed E-state index contributed by atoms with van der Waals surface area (Å²) >= 11 is 5.75. The highest BCUT2D eigenvalue weighted by atomic mass is 35.5. The smallest absolute Gasteiger partial charge is 0.306 e. The van der Waals surface area contributed by atoms with Crippen LogP contribution < -0.4 is 10.6 Å². The average Bonchev–Trinajstić information content (AvgIpc) is 2.55. The molecule has 0 saturated carbocycles. The van der Waals surface area contributed by atoms with E-state index in [1.54, 1.807) is 24.3 Å². The molecule has 0 fully saturated rings. The summed E-state index contributed by atoms with van der Waals surface area (Å²) < 4.78 is 4.86. The molecule has 2 amide bonds. The molecule has 0 saturated heterocycles. The third-order valence-corrected chi connectivity index (χ3v) is 3.27. The fourth-order valence-corrected chi connectivity index (χ4v) is 1.85. The van der Waals surface area contributed by atoms with Gasteiger partial charge in [0, 0.05) is 30.1 Å². The van der Waals surface area contributed by atoms with Crippen molar-refractivity contribution >= 4 is 29.4 Å². The quantitative estimate of drug-likeness (QED) is 0.525. The number of esters is 1. The van der Waals surface area contributed by atoms with Crippen LogP contribution in [0.1, 0.15) is 37.0 Å². The van der Waals surface area contributed by atoms with E-state index in [2.05, 4.69) is 10.6 Å². The van der Waals surface area contributed by atoms with E-state index in [-0.39, 0.29) is 24.8 Å². The fourth-order valence-electron chi connectivity index (χ4n) is 1.73. The van der Waals surface area contributed by atoms with Crippen molar-refractivity contribution in [3.8, 4) is 0 Å². The number of amides is 2. The van der Waals surface area contributed by atoms with E-state index in [0.29, 0.717) is 36.0 Å². The summed E-state index contributed by atoms with van der Waals surface area (Å²) in [5, 5.41) is 5.92. The molecule has 7 heteroatoms. The van der Waals surface area contributed by atoms with Crippen molar-refractivity contribution in [3.05, 3.63) is 34.9 Å². The lowest BCUT2D eigenvalue weighted by Crippen LogP contribution is -2.31. The van der Waals surface area contributed by atoms with E-state index in [0.717, 1.165) is 0 Å². The van der Waals surface area contributed by atoms with Crippen molar-refractivity contribution in [2.45, 2.75) is 26.7 Å². The predicted molar refractivity (Wildman–Crippen MR) is 91.8 cm³/mol. The normalized spacial score (nSPS) is 10.3. The fraction of sp³-hybridized carbons (Fsp3) is 0.471. The monoisotopic (exact) mass is 354 g/mol. The largest absolute Gasteiger partial charge is 0.456 e. The summed E-state index contributed by atoms with van der Waals surface area (Å²) in [6.45, 7) is 4.57. The van der Waals surface area contributed by atoms with Crippen LogP contribution in [0.3, 0.4) is 0 Å². The molecule has 1 aromatic carbocycles. The van der Waals surface area contributed by atoms with Gasteiger partial charge in [-0.25, -0.2) is 0 Å². The maximum Gasteiger partial charge on any atom is 0.306 e. The third kappa shape index (κ3) is 8.53. The van der Waals surface area contributed by atoms with Crippen LogP contribution in [0.5, 0.6) is 0 Å². The molecule has 24 heavy (non-hydrogen) atoms. The Balaban J connectivity index is 2.14. The molecule has 0 aliphatic heterocycles. The van der Waals surface area contributed by atoms with Crippen LogP contribution in [0.15, 0.2) is 24.3 Å². The van der Waals surface area contributed by atoms with Crippen LogP contribution in [0, 0.1) is 5.92 Å². The first-order valence-corrected chi connectivity index (χ1v) is 8.22. The minimum Gasteiger partial charge on any atom is -0.456 e. The number of benzene rings is 1. The van der Waals surface area contributed by atoms with Gasteiger partial charge in [0.15, 0.2) is 6.61 Å². The van der Waals surface area contributed by atoms with Gasteiger partial charge in [-0.15, -0.1) is 0 Å². The Bertz CT molecular complexity index is 558. The number of nitrogens with one attached hydrogen (secondary N) is 2. The maximum absolute atomic E-state index is 11.8. The molecule has 0 radical (unpaired) electrons. The summed E-state index contributed by atoms with van der Waals surface area (Å²) in [5.74, 6) is -0.662. The van der Waals surface area contributed by atoms with Gasteiger partial charge in [0.25, 0.3) is 11.8 Å². The molecule has 132 valence electrons. The Morgan fingerprint density at radius 2 is 1.79 bits per heavy atom. The Hall–Kier alpha value is -2.08. The van der Waals surface area contributed by atoms with E-state index in [9.17, 15) is 14.4 Å². The molecule has 0 aliphatic carbocycles. The maximum atomic E-state index is 11.8. The standard InChI is InChI=1S/C17H23ClN2O4/c1-12(2)10-20-15(21)11-24-16(22)4-3-9-19-17(23)13-5-7-14(18)8-6-13/h5-8,12H,3-4,9-11H2,1-2H3,(H,19,23)(H,20,21). The number of hydrogen-bond acceptors (Lipinski definition) is 4. The second-order valence-corrected chi connectivity index (χ2v) is 6.16. The second-order valence-electron chi connectivity index (χ2n) is 5.72. The van der Waals surface area contributed by atoms with Gasteiger partial charge in [-0.1, -0.05) is 25.4 Å². The van der Waals surface area contributed by atoms with Crippen molar-refractivity contribution in [2.24, 2.45) is 5.92 Å². The van der Waals surface area contributed by atoms with Crippen molar-refractivity contribution < 1.29 is 19.1 Å². The summed E-state index contributed by atoms with van der Waals surface area (Å²) in [7, 11) is 0. The highest BCUT2D eigenvalue weighted by Crippen LogP contribution is 2.09. The third-order valence-electron chi connectivity index (χ3n) is 3.02. The van der Waals surface area contributed by atoms with Crippen molar-refractivity contribution in [1.29, 1.82) is 0 Å². The number of hydrogen-bond donors (Lipinski definition) is 2. The molecule has 0 spiro atoms. The van der Waals surface area contributed by atoms with E-state index in [1.165, 1.54) is 0 Å². The summed E-state index contributed by atoms with van der Waals surface area (Å²) in [6, 6.07) is 6.53. The van der Waals surface area contributed by atoms with E-state index >= 15 is 0 Å². The molecule has 0 bridgehead atoms. The first-order chi connectivity index (χ1) is 11.4. The highest BCUT2D eigenvalue weighted by molar-refractivity contribution is 6.30. The molecular weight excluding hydrogens is 332 g/mol. The number of rotatable bonds is 9. The lowest BCUT2D eigenvalue weighted by molar-refractivity contribution is -0.148. The molecule has 1 aromatic rings. The van der Waals surface area contributed by atoms with Crippen LogP contribution in [0.25, 0.3) is 0 Å². The first-order valence-electron chi connectivity index (χ1n) is 7.84. The number of carbonyl (C=O) groups excluding carboxylic acids is 3. The van der Waals surface area contributed by atoms with Gasteiger partial charge in [0.05, 0.1) is 0 Å². The Morgan fingerprint density at radius 3 is 2.42 bits per heavy atom. The van der Waals surface area contributed by atoms with Crippen LogP contribution in [-0.4, -0.2) is 37.5 Å². The number of carbonyl (C=O) groups is 3. The minimum absolute atomic E-state index is 0.137. The summed E-state index contributed by atoms with van der Waals surface area (Å²) in [5.41, 5.74) is 0.504. The Labute approximate surface area is 146 Å². The number of halogens is 1. The van der Waals surface area contributed by atoms with Crippen LogP contribution in [-0.2, 0) is 14.3 Å². The van der Waals surface area contributed by atoms with Gasteiger partial charge < -0.3 is 15.4 Å². The van der Waals surface area contributed by atoms with Gasteiger partial charge in [-0.2, -0.15) is 0 Å². The van der Waals surface area contributed by atoms with E-state index in [1.807, 2.05) is 13.8 Å². The van der Waals surface area contributed by atoms with Gasteiger partial charge in [0.2, 0.25) is 0 Å². The molecule has 6 nitrogen and oxygen atoms in total. The zero-order valence-electron chi connectivity index (χ0n) is 13.9. The minimum atomic E-state index is -0.463. The van der Waals surface area contributed by atoms with Crippen molar-refractivity contribution in [1.82, 2.24) is 10.6 Å². The van der Waals surface area contributed by atoms with Crippen LogP contribution in [0.4, 0.5) is 0 Å². The summed E-state index contributed by atoms with van der Waals surface area (Å²) in [6.07, 6.45) is 0.574. The lowest BCUT2D eigenvalue weighted by atomic mass is 10.2. The van der Waals surface area contributed by atoms with Crippen LogP contribution in [0.2, 0.25) is 5.02 Å². The van der Waals surface area contributed by atoms with Crippen molar-refractivity contribution in [2.75, 3.05) is 19.7 Å². The SMILES string of the molecule is CC(C)CNC(=O)COC(=O)CCCNC(=O)c1ccc(Cl)cc1. The average molecular weight is 355 g/mol. The highest BCUT2D eigenvalue weighted by Gasteiger charge is 2.09. The van der Waals surface area contributed by atoms with E-state index in [4.69, 9.17) is 16.3 Å². The van der Waals surface area contributed by atoms with Gasteiger partial charge in [-0.05, 0) is 36.6 Å². The van der Waals surface area contributed by atoms with Gasteiger partial charge in [0.1, 0.15) is 0 Å². The molecule has 0 unspecified atom stereocenters. The van der Waals surface area contributed by atoms with E-state index < -0.39 is 5.97 Å². The number of ether oxygens (including phenoxy) is 1. The molecule has 0 heterocycles. The topological polar surface area (TPSA) is 84.5 Å². The Kier molecular flexibility index (Phi) is 8.86. The lowest BCUT2D eigenvalue weighted by Gasteiger charge is -2.08. The zero-order valence-corrected chi connectivity index (χ0v) is 14.7. The molecule has 0 aliphatic rings. The molecule has 0 atom stereocenters. The molecule has 1 rings (SSSR count). The van der Waals surface area contributed by atoms with Crippen LogP contribution >= 0.6 is 11.6 Å². The van der Waals surface area contributed by atoms with Gasteiger partial charge >= 0.3 is 5.97 Å². The zero-order chi connectivity index (χ0) is 17.9. The molecule has 0 aromatic heterocycles. The predicted octanol–water partition coefficient (Wildman–Crippen LogP) is 2.17. The summed E-state index contributed by atoms with van der Waals surface area (Å²) in [4.78, 5) is 34.7. The molecular formula is C17H23ClN2O4. The Morgan fingerprint density at radius 1 is 1.12 bits per heavy atom. The first kappa shape index (κ1) is 20.0. The molecule has 2 N–H and O–H groups in total.